The highest BCUT2D eigenvalue weighted by atomic mass is 79.9. The molecular weight excluding hydrogens is 334 g/mol. The maximum atomic E-state index is 12.3. The van der Waals surface area contributed by atoms with Gasteiger partial charge in [-0.25, -0.2) is 0 Å². The van der Waals surface area contributed by atoms with Crippen LogP contribution in [0.4, 0.5) is 5.69 Å². The highest BCUT2D eigenvalue weighted by Crippen LogP contribution is 2.26. The summed E-state index contributed by atoms with van der Waals surface area (Å²) in [6, 6.07) is 5.68. The van der Waals surface area contributed by atoms with Crippen LogP contribution in [-0.4, -0.2) is 42.6 Å². The fourth-order valence-corrected chi connectivity index (χ4v) is 2.78. The summed E-state index contributed by atoms with van der Waals surface area (Å²) in [5.74, 6) is 0.0183. The third kappa shape index (κ3) is 4.18. The van der Waals surface area contributed by atoms with Gasteiger partial charge in [-0.15, -0.1) is 0 Å². The van der Waals surface area contributed by atoms with E-state index < -0.39 is 0 Å². The van der Waals surface area contributed by atoms with Gasteiger partial charge in [-0.3, -0.25) is 9.69 Å². The highest BCUT2D eigenvalue weighted by Gasteiger charge is 2.30. The molecule has 3 N–H and O–H groups in total. The number of rotatable bonds is 4. The van der Waals surface area contributed by atoms with Gasteiger partial charge in [0.15, 0.2) is 0 Å². The first-order chi connectivity index (χ1) is 9.99. The molecule has 0 aliphatic carbocycles. The van der Waals surface area contributed by atoms with Gasteiger partial charge in [-0.2, -0.15) is 0 Å². The summed E-state index contributed by atoms with van der Waals surface area (Å²) in [7, 11) is 0. The molecule has 1 atom stereocenters. The van der Waals surface area contributed by atoms with Crippen molar-refractivity contribution in [3.05, 3.63) is 28.2 Å². The van der Waals surface area contributed by atoms with E-state index in [1.807, 2.05) is 32.0 Å². The van der Waals surface area contributed by atoms with E-state index in [0.29, 0.717) is 25.4 Å². The zero-order chi connectivity index (χ0) is 15.4. The number of nitrogens with zero attached hydrogens (tertiary/aromatic N) is 1. The Morgan fingerprint density at radius 2 is 2.33 bits per heavy atom. The molecule has 1 aliphatic rings. The zero-order valence-corrected chi connectivity index (χ0v) is 14.0. The Labute approximate surface area is 134 Å². The van der Waals surface area contributed by atoms with E-state index in [2.05, 4.69) is 26.1 Å². The molecule has 1 aromatic rings. The molecule has 0 spiro atoms. The number of benzene rings is 1. The van der Waals surface area contributed by atoms with Crippen LogP contribution >= 0.6 is 15.9 Å². The summed E-state index contributed by atoms with van der Waals surface area (Å²) in [6.07, 6.45) is 0. The second-order valence-electron chi connectivity index (χ2n) is 5.54. The van der Waals surface area contributed by atoms with E-state index in [-0.39, 0.29) is 18.0 Å². The number of nitrogens with one attached hydrogen (secondary N) is 1. The van der Waals surface area contributed by atoms with Gasteiger partial charge in [0.05, 0.1) is 13.2 Å². The Morgan fingerprint density at radius 1 is 1.57 bits per heavy atom. The van der Waals surface area contributed by atoms with Crippen molar-refractivity contribution in [3.63, 3.8) is 0 Å². The molecule has 0 radical (unpaired) electrons. The SMILES string of the molecule is CC(C)NC(=O)C1COCCN1Cc1cccc(N)c1Br. The summed E-state index contributed by atoms with van der Waals surface area (Å²) in [5, 5.41) is 2.96. The second-order valence-corrected chi connectivity index (χ2v) is 6.34. The molecule has 1 unspecified atom stereocenters. The van der Waals surface area contributed by atoms with E-state index in [1.54, 1.807) is 0 Å². The normalized spacial score (nSPS) is 19.7. The lowest BCUT2D eigenvalue weighted by Crippen LogP contribution is -2.54. The van der Waals surface area contributed by atoms with Crippen molar-refractivity contribution < 1.29 is 9.53 Å². The Hall–Kier alpha value is -1.11. The molecule has 1 saturated heterocycles. The quantitative estimate of drug-likeness (QED) is 0.807. The number of nitrogens with two attached hydrogens (primary N) is 1. The van der Waals surface area contributed by atoms with Gasteiger partial charge < -0.3 is 15.8 Å². The predicted molar refractivity (Wildman–Crippen MR) is 86.9 cm³/mol. The lowest BCUT2D eigenvalue weighted by atomic mass is 10.1. The molecule has 5 nitrogen and oxygen atoms in total. The first-order valence-electron chi connectivity index (χ1n) is 7.14. The summed E-state index contributed by atoms with van der Waals surface area (Å²) in [6.45, 7) is 6.40. The number of hydrogen-bond acceptors (Lipinski definition) is 4. The number of hydrogen-bond donors (Lipinski definition) is 2. The monoisotopic (exact) mass is 355 g/mol. The van der Waals surface area contributed by atoms with Crippen LogP contribution in [0.15, 0.2) is 22.7 Å². The Kier molecular flexibility index (Phi) is 5.61. The minimum Gasteiger partial charge on any atom is -0.398 e. The number of carbonyl (C=O) groups excluding carboxylic acids is 1. The topological polar surface area (TPSA) is 67.6 Å². The van der Waals surface area contributed by atoms with Gasteiger partial charge in [-0.05, 0) is 41.4 Å². The number of nitrogen functional groups attached to an aromatic ring is 1. The molecule has 0 bridgehead atoms. The van der Waals surface area contributed by atoms with Crippen LogP contribution in [0.2, 0.25) is 0 Å². The van der Waals surface area contributed by atoms with Crippen molar-refractivity contribution in [2.24, 2.45) is 0 Å². The summed E-state index contributed by atoms with van der Waals surface area (Å²) >= 11 is 3.52. The first-order valence-corrected chi connectivity index (χ1v) is 7.93. The van der Waals surface area contributed by atoms with E-state index in [1.165, 1.54) is 0 Å². The Morgan fingerprint density at radius 3 is 3.05 bits per heavy atom. The lowest BCUT2D eigenvalue weighted by Gasteiger charge is -2.35. The lowest BCUT2D eigenvalue weighted by molar-refractivity contribution is -0.133. The summed E-state index contributed by atoms with van der Waals surface area (Å²) in [5.41, 5.74) is 7.71. The van der Waals surface area contributed by atoms with E-state index in [4.69, 9.17) is 10.5 Å². The van der Waals surface area contributed by atoms with Crippen LogP contribution in [0.25, 0.3) is 0 Å². The predicted octanol–water partition coefficient (Wildman–Crippen LogP) is 1.76. The van der Waals surface area contributed by atoms with Gasteiger partial charge in [0.2, 0.25) is 5.91 Å². The third-order valence-electron chi connectivity index (χ3n) is 3.45. The largest absolute Gasteiger partial charge is 0.398 e. The summed E-state index contributed by atoms with van der Waals surface area (Å²) in [4.78, 5) is 14.4. The molecule has 6 heteroatoms. The minimum absolute atomic E-state index is 0.0183. The number of halogens is 1. The molecule has 2 rings (SSSR count). The average molecular weight is 356 g/mol. The zero-order valence-electron chi connectivity index (χ0n) is 12.4. The van der Waals surface area contributed by atoms with Crippen molar-refractivity contribution >= 4 is 27.5 Å². The van der Waals surface area contributed by atoms with E-state index in [0.717, 1.165) is 16.6 Å². The van der Waals surface area contributed by atoms with Crippen molar-refractivity contribution in [1.29, 1.82) is 0 Å². The van der Waals surface area contributed by atoms with Crippen molar-refractivity contribution in [3.8, 4) is 0 Å². The molecule has 0 saturated carbocycles. The summed E-state index contributed by atoms with van der Waals surface area (Å²) < 4.78 is 6.37. The van der Waals surface area contributed by atoms with Crippen molar-refractivity contribution in [1.82, 2.24) is 10.2 Å². The molecule has 1 aliphatic heterocycles. The molecule has 1 fully saturated rings. The van der Waals surface area contributed by atoms with Crippen LogP contribution in [0.5, 0.6) is 0 Å². The van der Waals surface area contributed by atoms with E-state index >= 15 is 0 Å². The molecule has 21 heavy (non-hydrogen) atoms. The molecule has 116 valence electrons. The highest BCUT2D eigenvalue weighted by molar-refractivity contribution is 9.10. The van der Waals surface area contributed by atoms with Crippen LogP contribution in [0.1, 0.15) is 19.4 Å². The maximum Gasteiger partial charge on any atom is 0.239 e. The first kappa shape index (κ1) is 16.3. The molecular formula is C15H22BrN3O2. The number of carbonyl (C=O) groups is 1. The number of anilines is 1. The minimum atomic E-state index is -0.255. The van der Waals surface area contributed by atoms with E-state index in [9.17, 15) is 4.79 Å². The molecule has 0 aromatic heterocycles. The molecule has 1 aromatic carbocycles. The smallest absolute Gasteiger partial charge is 0.239 e. The van der Waals surface area contributed by atoms with Gasteiger partial charge in [0.1, 0.15) is 6.04 Å². The number of amides is 1. The fourth-order valence-electron chi connectivity index (χ4n) is 2.39. The van der Waals surface area contributed by atoms with Gasteiger partial charge >= 0.3 is 0 Å². The van der Waals surface area contributed by atoms with Crippen LogP contribution < -0.4 is 11.1 Å². The molecule has 1 heterocycles. The number of morpholine rings is 1. The van der Waals surface area contributed by atoms with Crippen LogP contribution in [0.3, 0.4) is 0 Å². The average Bonchev–Trinajstić information content (AvgIpc) is 2.43. The molecule has 1 amide bonds. The van der Waals surface area contributed by atoms with Gasteiger partial charge in [-0.1, -0.05) is 12.1 Å². The Bertz CT molecular complexity index is 508. The van der Waals surface area contributed by atoms with Crippen molar-refractivity contribution in [2.45, 2.75) is 32.5 Å². The standard InChI is InChI=1S/C15H22BrN3O2/c1-10(2)18-15(20)13-9-21-7-6-19(13)8-11-4-3-5-12(17)14(11)16/h3-5,10,13H,6-9,17H2,1-2H3,(H,18,20). The van der Waals surface area contributed by atoms with Crippen LogP contribution in [0, 0.1) is 0 Å². The van der Waals surface area contributed by atoms with Gasteiger partial charge in [0.25, 0.3) is 0 Å². The second kappa shape index (κ2) is 7.24. The number of ether oxygens (including phenoxy) is 1. The van der Waals surface area contributed by atoms with Crippen molar-refractivity contribution in [2.75, 3.05) is 25.5 Å². The third-order valence-corrected chi connectivity index (χ3v) is 4.42. The maximum absolute atomic E-state index is 12.3. The fraction of sp³-hybridized carbons (Fsp3) is 0.533. The van der Waals surface area contributed by atoms with Crippen LogP contribution in [-0.2, 0) is 16.1 Å². The Balaban J connectivity index is 2.12. The van der Waals surface area contributed by atoms with Gasteiger partial charge in [0, 0.05) is 29.3 Å².